The summed E-state index contributed by atoms with van der Waals surface area (Å²) in [5.41, 5.74) is 2.67. The van der Waals surface area contributed by atoms with Crippen molar-refractivity contribution in [2.45, 2.75) is 39.0 Å². The van der Waals surface area contributed by atoms with Gasteiger partial charge < -0.3 is 14.4 Å². The molecule has 2 fully saturated rings. The normalized spacial score (nSPS) is 17.8. The number of nitrogens with zero attached hydrogens (tertiary/aromatic N) is 4. The summed E-state index contributed by atoms with van der Waals surface area (Å²) in [6, 6.07) is 5.82. The summed E-state index contributed by atoms with van der Waals surface area (Å²) in [7, 11) is 2.05. The van der Waals surface area contributed by atoms with E-state index in [1.54, 1.807) is 0 Å². The predicted molar refractivity (Wildman–Crippen MR) is 105 cm³/mol. The minimum absolute atomic E-state index is 0.0338. The van der Waals surface area contributed by atoms with Gasteiger partial charge in [-0.25, -0.2) is 4.98 Å². The molecule has 0 spiro atoms. The van der Waals surface area contributed by atoms with Crippen LogP contribution in [0.2, 0.25) is 0 Å². The molecule has 0 unspecified atom stereocenters. The number of carbonyl (C=O) groups is 2. The zero-order valence-electron chi connectivity index (χ0n) is 16.4. The first-order valence-electron chi connectivity index (χ1n) is 9.97. The fourth-order valence-electron chi connectivity index (χ4n) is 3.88. The molecule has 1 saturated carbocycles. The van der Waals surface area contributed by atoms with Crippen molar-refractivity contribution in [3.05, 3.63) is 29.6 Å². The van der Waals surface area contributed by atoms with Crippen molar-refractivity contribution in [2.24, 2.45) is 13.0 Å². The van der Waals surface area contributed by atoms with E-state index in [4.69, 9.17) is 4.98 Å². The summed E-state index contributed by atoms with van der Waals surface area (Å²) in [6.07, 6.45) is 3.00. The van der Waals surface area contributed by atoms with Crippen molar-refractivity contribution >= 4 is 22.8 Å². The molecule has 6 nitrogen and oxygen atoms in total. The number of aryl methyl sites for hydroxylation is 1. The topological polar surface area (TPSA) is 58.4 Å². The lowest BCUT2D eigenvalue weighted by atomic mass is 10.1. The first-order valence-corrected chi connectivity index (χ1v) is 9.97. The Kier molecular flexibility index (Phi) is 4.66. The lowest BCUT2D eigenvalue weighted by Crippen LogP contribution is -2.50. The van der Waals surface area contributed by atoms with Crippen LogP contribution < -0.4 is 0 Å². The number of amides is 2. The van der Waals surface area contributed by atoms with Crippen molar-refractivity contribution in [3.8, 4) is 0 Å². The van der Waals surface area contributed by atoms with Gasteiger partial charge in [0, 0.05) is 51.1 Å². The molecule has 27 heavy (non-hydrogen) atoms. The second-order valence-electron chi connectivity index (χ2n) is 8.28. The van der Waals surface area contributed by atoms with E-state index in [2.05, 4.69) is 25.5 Å². The van der Waals surface area contributed by atoms with Gasteiger partial charge in [-0.05, 0) is 37.0 Å². The van der Waals surface area contributed by atoms with E-state index in [1.165, 1.54) is 12.8 Å². The Hall–Kier alpha value is -2.37. The fourth-order valence-corrected chi connectivity index (χ4v) is 3.88. The minimum atomic E-state index is 0.0338. The third kappa shape index (κ3) is 3.57. The van der Waals surface area contributed by atoms with Crippen molar-refractivity contribution < 1.29 is 9.59 Å². The van der Waals surface area contributed by atoms with Crippen LogP contribution in [0.15, 0.2) is 18.2 Å². The number of fused-ring (bicyclic) bond motifs is 1. The molecule has 2 aromatic rings. The van der Waals surface area contributed by atoms with Crippen LogP contribution in [0.25, 0.3) is 11.0 Å². The van der Waals surface area contributed by atoms with Gasteiger partial charge in [0.1, 0.15) is 5.82 Å². The lowest BCUT2D eigenvalue weighted by Gasteiger charge is -2.35. The molecule has 0 atom stereocenters. The van der Waals surface area contributed by atoms with Gasteiger partial charge >= 0.3 is 0 Å². The summed E-state index contributed by atoms with van der Waals surface area (Å²) in [5.74, 6) is 2.30. The average Bonchev–Trinajstić information content (AvgIpc) is 3.44. The molecular weight excluding hydrogens is 340 g/mol. The summed E-state index contributed by atoms with van der Waals surface area (Å²) in [5, 5.41) is 0. The Morgan fingerprint density at radius 3 is 2.41 bits per heavy atom. The number of carbonyl (C=O) groups excluding carboxylic acids is 2. The SMILES string of the molecule is CC(C)CC(=O)N1CCN(C(=O)c2ccc3c(c2)nc(C2CC2)n3C)CC1. The van der Waals surface area contributed by atoms with E-state index in [0.717, 1.165) is 16.9 Å². The van der Waals surface area contributed by atoms with Crippen molar-refractivity contribution in [3.63, 3.8) is 0 Å². The monoisotopic (exact) mass is 368 g/mol. The maximum Gasteiger partial charge on any atom is 0.254 e. The molecule has 6 heteroatoms. The Bertz CT molecular complexity index is 874. The largest absolute Gasteiger partial charge is 0.339 e. The molecule has 2 heterocycles. The van der Waals surface area contributed by atoms with Gasteiger partial charge in [0.15, 0.2) is 0 Å². The highest BCUT2D eigenvalue weighted by Gasteiger charge is 2.29. The molecule has 2 aliphatic rings. The quantitative estimate of drug-likeness (QED) is 0.834. The van der Waals surface area contributed by atoms with Gasteiger partial charge in [-0.15, -0.1) is 0 Å². The van der Waals surface area contributed by atoms with E-state index < -0.39 is 0 Å². The van der Waals surface area contributed by atoms with E-state index in [9.17, 15) is 9.59 Å². The molecule has 144 valence electrons. The van der Waals surface area contributed by atoms with Crippen LogP contribution in [0.3, 0.4) is 0 Å². The molecule has 1 aromatic carbocycles. The smallest absolute Gasteiger partial charge is 0.254 e. The Morgan fingerprint density at radius 2 is 1.78 bits per heavy atom. The van der Waals surface area contributed by atoms with E-state index in [-0.39, 0.29) is 11.8 Å². The standard InChI is InChI=1S/C21H28N4O2/c1-14(2)12-19(26)24-8-10-25(11-9-24)21(27)16-6-7-18-17(13-16)22-20(23(18)3)15-4-5-15/h6-7,13-15H,4-5,8-12H2,1-3H3. The molecule has 1 aliphatic heterocycles. The second-order valence-corrected chi connectivity index (χ2v) is 8.28. The summed E-state index contributed by atoms with van der Waals surface area (Å²) >= 11 is 0. The van der Waals surface area contributed by atoms with Gasteiger partial charge in [-0.1, -0.05) is 13.8 Å². The highest BCUT2D eigenvalue weighted by Crippen LogP contribution is 2.40. The zero-order valence-corrected chi connectivity index (χ0v) is 16.4. The third-order valence-electron chi connectivity index (χ3n) is 5.61. The van der Waals surface area contributed by atoms with Crippen LogP contribution in [0.1, 0.15) is 55.2 Å². The number of benzene rings is 1. The maximum atomic E-state index is 12.9. The van der Waals surface area contributed by atoms with Gasteiger partial charge in [-0.2, -0.15) is 0 Å². The number of aromatic nitrogens is 2. The highest BCUT2D eigenvalue weighted by atomic mass is 16.2. The number of hydrogen-bond acceptors (Lipinski definition) is 3. The molecular formula is C21H28N4O2. The van der Waals surface area contributed by atoms with Crippen LogP contribution in [0.5, 0.6) is 0 Å². The summed E-state index contributed by atoms with van der Waals surface area (Å²) in [6.45, 7) is 6.54. The molecule has 2 amide bonds. The van der Waals surface area contributed by atoms with Gasteiger partial charge in [-0.3, -0.25) is 9.59 Å². The number of rotatable bonds is 4. The predicted octanol–water partition coefficient (Wildman–Crippen LogP) is 2.78. The van der Waals surface area contributed by atoms with Crippen LogP contribution in [-0.2, 0) is 11.8 Å². The Labute approximate surface area is 160 Å². The van der Waals surface area contributed by atoms with Gasteiger partial charge in [0.25, 0.3) is 5.91 Å². The molecule has 1 saturated heterocycles. The number of piperazine rings is 1. The van der Waals surface area contributed by atoms with Crippen LogP contribution in [0, 0.1) is 5.92 Å². The van der Waals surface area contributed by atoms with E-state index in [0.29, 0.717) is 50.0 Å². The molecule has 0 bridgehead atoms. The van der Waals surface area contributed by atoms with Crippen molar-refractivity contribution in [1.29, 1.82) is 0 Å². The fraction of sp³-hybridized carbons (Fsp3) is 0.571. The Balaban J connectivity index is 1.45. The zero-order chi connectivity index (χ0) is 19.1. The average molecular weight is 368 g/mol. The van der Waals surface area contributed by atoms with Gasteiger partial charge in [0.05, 0.1) is 11.0 Å². The van der Waals surface area contributed by atoms with Crippen molar-refractivity contribution in [2.75, 3.05) is 26.2 Å². The Morgan fingerprint density at radius 1 is 1.11 bits per heavy atom. The molecule has 4 rings (SSSR count). The first-order chi connectivity index (χ1) is 12.9. The first kappa shape index (κ1) is 18.0. The van der Waals surface area contributed by atoms with Crippen LogP contribution in [0.4, 0.5) is 0 Å². The van der Waals surface area contributed by atoms with Crippen LogP contribution >= 0.6 is 0 Å². The molecule has 0 radical (unpaired) electrons. The second kappa shape index (κ2) is 6.98. The van der Waals surface area contributed by atoms with E-state index >= 15 is 0 Å². The van der Waals surface area contributed by atoms with Crippen LogP contribution in [-0.4, -0.2) is 57.3 Å². The lowest BCUT2D eigenvalue weighted by molar-refractivity contribution is -0.133. The van der Waals surface area contributed by atoms with Gasteiger partial charge in [0.2, 0.25) is 5.91 Å². The maximum absolute atomic E-state index is 12.9. The minimum Gasteiger partial charge on any atom is -0.339 e. The van der Waals surface area contributed by atoms with Crippen molar-refractivity contribution in [1.82, 2.24) is 19.4 Å². The molecule has 1 aliphatic carbocycles. The molecule has 1 aromatic heterocycles. The third-order valence-corrected chi connectivity index (χ3v) is 5.61. The van der Waals surface area contributed by atoms with E-state index in [1.807, 2.05) is 28.0 Å². The number of hydrogen-bond donors (Lipinski definition) is 0. The summed E-state index contributed by atoms with van der Waals surface area (Å²) in [4.78, 5) is 33.6. The number of imidazole rings is 1. The highest BCUT2D eigenvalue weighted by molar-refractivity contribution is 5.97. The summed E-state index contributed by atoms with van der Waals surface area (Å²) < 4.78 is 2.15. The molecule has 0 N–H and O–H groups in total.